The Balaban J connectivity index is 1.58. The fourth-order valence-electron chi connectivity index (χ4n) is 3.82. The van der Waals surface area contributed by atoms with Crippen molar-refractivity contribution in [2.75, 3.05) is 38.0 Å². The Bertz CT molecular complexity index is 937. The van der Waals surface area contributed by atoms with E-state index in [9.17, 15) is 14.4 Å². The number of para-hydroxylation sites is 1. The van der Waals surface area contributed by atoms with Crippen molar-refractivity contribution in [2.45, 2.75) is 32.9 Å². The number of nitrogens with one attached hydrogen (secondary N) is 2. The van der Waals surface area contributed by atoms with Crippen molar-refractivity contribution in [3.63, 3.8) is 0 Å². The van der Waals surface area contributed by atoms with Crippen LogP contribution >= 0.6 is 0 Å². The number of hydrogen-bond acceptors (Lipinski definition) is 5. The molecule has 2 amide bonds. The number of anilines is 1. The Hall–Kier alpha value is -3.03. The summed E-state index contributed by atoms with van der Waals surface area (Å²) in [7, 11) is 0. The van der Waals surface area contributed by atoms with Crippen molar-refractivity contribution in [3.8, 4) is 0 Å². The average Bonchev–Trinajstić information content (AvgIpc) is 2.79. The van der Waals surface area contributed by atoms with Crippen LogP contribution in [-0.2, 0) is 9.59 Å². The highest BCUT2D eigenvalue weighted by Crippen LogP contribution is 2.20. The summed E-state index contributed by atoms with van der Waals surface area (Å²) in [5.41, 5.74) is 1.57. The second kappa shape index (κ2) is 11.0. The van der Waals surface area contributed by atoms with Gasteiger partial charge in [0.1, 0.15) is 0 Å². The topological polar surface area (TPSA) is 81.8 Å². The lowest BCUT2D eigenvalue weighted by atomic mass is 10.0. The van der Waals surface area contributed by atoms with Gasteiger partial charge >= 0.3 is 0 Å². The molecule has 1 saturated heterocycles. The van der Waals surface area contributed by atoms with Crippen LogP contribution in [-0.4, -0.2) is 72.2 Å². The first kappa shape index (κ1) is 23.6. The van der Waals surface area contributed by atoms with Gasteiger partial charge < -0.3 is 10.6 Å². The second-order valence-corrected chi connectivity index (χ2v) is 8.44. The molecular weight excluding hydrogens is 404 g/mol. The Labute approximate surface area is 189 Å². The van der Waals surface area contributed by atoms with Gasteiger partial charge in [-0.05, 0) is 32.9 Å². The van der Waals surface area contributed by atoms with Crippen molar-refractivity contribution in [1.29, 1.82) is 0 Å². The molecule has 7 heteroatoms. The normalized spacial score (nSPS) is 15.9. The van der Waals surface area contributed by atoms with E-state index in [-0.39, 0.29) is 29.7 Å². The Kier molecular flexibility index (Phi) is 8.14. The van der Waals surface area contributed by atoms with Gasteiger partial charge in [-0.1, -0.05) is 42.5 Å². The Morgan fingerprint density at radius 3 is 2.16 bits per heavy atom. The summed E-state index contributed by atoms with van der Waals surface area (Å²) in [4.78, 5) is 42.1. The lowest BCUT2D eigenvalue weighted by Gasteiger charge is -2.37. The molecule has 0 radical (unpaired) electrons. The van der Waals surface area contributed by atoms with E-state index in [1.54, 1.807) is 30.3 Å². The smallest absolute Gasteiger partial charge is 0.241 e. The number of ketones is 1. The van der Waals surface area contributed by atoms with Gasteiger partial charge in [0.25, 0.3) is 0 Å². The van der Waals surface area contributed by atoms with Crippen molar-refractivity contribution >= 4 is 23.3 Å². The number of carbonyl (C=O) groups excluding carboxylic acids is 3. The minimum atomic E-state index is -0.346. The van der Waals surface area contributed by atoms with E-state index >= 15 is 0 Å². The fourth-order valence-corrected chi connectivity index (χ4v) is 3.82. The van der Waals surface area contributed by atoms with Gasteiger partial charge in [-0.15, -0.1) is 0 Å². The first-order valence-corrected chi connectivity index (χ1v) is 11.1. The quantitative estimate of drug-likeness (QED) is 0.621. The van der Waals surface area contributed by atoms with Gasteiger partial charge in [0.15, 0.2) is 5.78 Å². The fraction of sp³-hybridized carbons (Fsp3) is 0.400. The van der Waals surface area contributed by atoms with Gasteiger partial charge in [-0.3, -0.25) is 24.2 Å². The lowest BCUT2D eigenvalue weighted by molar-refractivity contribution is -0.125. The summed E-state index contributed by atoms with van der Waals surface area (Å²) < 4.78 is 0. The first-order chi connectivity index (χ1) is 15.3. The zero-order valence-corrected chi connectivity index (χ0v) is 19.0. The summed E-state index contributed by atoms with van der Waals surface area (Å²) in [6, 6.07) is 15.9. The Morgan fingerprint density at radius 2 is 1.50 bits per heavy atom. The monoisotopic (exact) mass is 436 g/mol. The average molecular weight is 437 g/mol. The van der Waals surface area contributed by atoms with E-state index in [0.29, 0.717) is 36.4 Å². The highest BCUT2D eigenvalue weighted by atomic mass is 16.2. The van der Waals surface area contributed by atoms with Crippen LogP contribution in [0.5, 0.6) is 0 Å². The molecule has 2 aromatic carbocycles. The van der Waals surface area contributed by atoms with Crippen LogP contribution in [0.15, 0.2) is 54.6 Å². The van der Waals surface area contributed by atoms with Crippen LogP contribution in [0.2, 0.25) is 0 Å². The van der Waals surface area contributed by atoms with E-state index in [1.165, 1.54) is 0 Å². The SMILES string of the molecule is CC(C)NC(=O)CN1CCN(C(C)C(=O)Nc2ccccc2C(=O)c2ccccc2)CC1. The summed E-state index contributed by atoms with van der Waals surface area (Å²) in [6.45, 7) is 9.00. The zero-order chi connectivity index (χ0) is 23.1. The summed E-state index contributed by atoms with van der Waals surface area (Å²) in [6.07, 6.45) is 0. The number of benzene rings is 2. The van der Waals surface area contributed by atoms with Gasteiger partial charge in [0.2, 0.25) is 11.8 Å². The molecule has 32 heavy (non-hydrogen) atoms. The van der Waals surface area contributed by atoms with E-state index in [0.717, 1.165) is 13.1 Å². The van der Waals surface area contributed by atoms with Crippen LogP contribution in [0.4, 0.5) is 5.69 Å². The highest BCUT2D eigenvalue weighted by Gasteiger charge is 2.27. The van der Waals surface area contributed by atoms with Crippen LogP contribution in [0, 0.1) is 0 Å². The first-order valence-electron chi connectivity index (χ1n) is 11.1. The maximum Gasteiger partial charge on any atom is 0.241 e. The summed E-state index contributed by atoms with van der Waals surface area (Å²) in [5.74, 6) is -0.245. The van der Waals surface area contributed by atoms with E-state index < -0.39 is 0 Å². The number of amides is 2. The molecule has 7 nitrogen and oxygen atoms in total. The number of nitrogens with zero attached hydrogens (tertiary/aromatic N) is 2. The molecule has 0 spiro atoms. The standard InChI is InChI=1S/C25H32N4O3/c1-18(2)26-23(30)17-28-13-15-29(16-14-28)19(3)25(32)27-22-12-8-7-11-21(22)24(31)20-9-5-4-6-10-20/h4-12,18-19H,13-17H2,1-3H3,(H,26,30)(H,27,32). The molecular formula is C25H32N4O3. The summed E-state index contributed by atoms with van der Waals surface area (Å²) >= 11 is 0. The largest absolute Gasteiger partial charge is 0.353 e. The van der Waals surface area contributed by atoms with E-state index in [1.807, 2.05) is 45.0 Å². The van der Waals surface area contributed by atoms with Crippen molar-refractivity contribution in [2.24, 2.45) is 0 Å². The molecule has 3 rings (SSSR count). The van der Waals surface area contributed by atoms with Gasteiger partial charge in [0, 0.05) is 43.3 Å². The number of hydrogen-bond donors (Lipinski definition) is 2. The maximum absolute atomic E-state index is 13.0. The molecule has 0 aliphatic carbocycles. The van der Waals surface area contributed by atoms with Gasteiger partial charge in [0.05, 0.1) is 18.3 Å². The van der Waals surface area contributed by atoms with Crippen LogP contribution in [0.25, 0.3) is 0 Å². The molecule has 1 atom stereocenters. The molecule has 0 saturated carbocycles. The minimum Gasteiger partial charge on any atom is -0.353 e. The number of carbonyl (C=O) groups is 3. The molecule has 1 heterocycles. The third-order valence-electron chi connectivity index (χ3n) is 5.62. The molecule has 1 unspecified atom stereocenters. The van der Waals surface area contributed by atoms with E-state index in [2.05, 4.69) is 20.4 Å². The second-order valence-electron chi connectivity index (χ2n) is 8.44. The van der Waals surface area contributed by atoms with Gasteiger partial charge in [-0.2, -0.15) is 0 Å². The molecule has 1 fully saturated rings. The van der Waals surface area contributed by atoms with Crippen molar-refractivity contribution < 1.29 is 14.4 Å². The molecule has 0 bridgehead atoms. The van der Waals surface area contributed by atoms with Crippen LogP contribution < -0.4 is 10.6 Å². The Morgan fingerprint density at radius 1 is 0.875 bits per heavy atom. The maximum atomic E-state index is 13.0. The molecule has 1 aliphatic rings. The lowest BCUT2D eigenvalue weighted by Crippen LogP contribution is -2.54. The number of rotatable bonds is 8. The molecule has 2 aromatic rings. The minimum absolute atomic E-state index is 0.0268. The predicted molar refractivity (Wildman–Crippen MR) is 126 cm³/mol. The van der Waals surface area contributed by atoms with Crippen LogP contribution in [0.1, 0.15) is 36.7 Å². The molecule has 2 N–H and O–H groups in total. The highest BCUT2D eigenvalue weighted by molar-refractivity contribution is 6.14. The molecule has 0 aromatic heterocycles. The third-order valence-corrected chi connectivity index (χ3v) is 5.62. The molecule has 1 aliphatic heterocycles. The molecule has 170 valence electrons. The van der Waals surface area contributed by atoms with Crippen molar-refractivity contribution in [3.05, 3.63) is 65.7 Å². The van der Waals surface area contributed by atoms with Crippen LogP contribution in [0.3, 0.4) is 0 Å². The predicted octanol–water partition coefficient (Wildman–Crippen LogP) is 2.39. The van der Waals surface area contributed by atoms with E-state index in [4.69, 9.17) is 0 Å². The summed E-state index contributed by atoms with van der Waals surface area (Å²) in [5, 5.41) is 5.85. The third kappa shape index (κ3) is 6.24. The number of piperazine rings is 1. The van der Waals surface area contributed by atoms with Gasteiger partial charge in [-0.25, -0.2) is 0 Å². The van der Waals surface area contributed by atoms with Crippen molar-refractivity contribution in [1.82, 2.24) is 15.1 Å². The zero-order valence-electron chi connectivity index (χ0n) is 19.0.